The van der Waals surface area contributed by atoms with E-state index in [2.05, 4.69) is 17.0 Å². The van der Waals surface area contributed by atoms with Crippen LogP contribution < -0.4 is 0 Å². The number of ether oxygens (including phenoxy) is 1. The largest absolute Gasteiger partial charge is 0.394 e. The summed E-state index contributed by atoms with van der Waals surface area (Å²) in [6, 6.07) is 10.2. The molecule has 1 N–H and O–H groups in total. The van der Waals surface area contributed by atoms with E-state index in [9.17, 15) is 4.79 Å². The number of aliphatic hydroxyl groups excluding tert-OH is 1. The Balaban J connectivity index is 1.58. The molecule has 0 aliphatic carbocycles. The molecule has 2 aliphatic rings. The highest BCUT2D eigenvalue weighted by Gasteiger charge is 2.50. The molecule has 24 heavy (non-hydrogen) atoms. The fourth-order valence-electron chi connectivity index (χ4n) is 4.11. The van der Waals surface area contributed by atoms with E-state index in [0.29, 0.717) is 13.2 Å². The highest BCUT2D eigenvalue weighted by atomic mass is 16.5. The Hall–Kier alpha value is -1.43. The van der Waals surface area contributed by atoms with Crippen LogP contribution in [0.5, 0.6) is 0 Å². The van der Waals surface area contributed by atoms with Crippen molar-refractivity contribution in [2.75, 3.05) is 46.5 Å². The molecule has 1 aromatic carbocycles. The third-order valence-electron chi connectivity index (χ3n) is 5.70. The maximum Gasteiger partial charge on any atom is 0.230 e. The minimum absolute atomic E-state index is 0.00985. The minimum Gasteiger partial charge on any atom is -0.394 e. The number of piperidine rings is 1. The van der Waals surface area contributed by atoms with Crippen LogP contribution >= 0.6 is 0 Å². The molecule has 0 bridgehead atoms. The molecule has 2 fully saturated rings. The second-order valence-corrected chi connectivity index (χ2v) is 6.97. The Morgan fingerprint density at radius 3 is 2.58 bits per heavy atom. The van der Waals surface area contributed by atoms with Crippen LogP contribution in [0.2, 0.25) is 0 Å². The van der Waals surface area contributed by atoms with Gasteiger partial charge in [0.2, 0.25) is 5.91 Å². The van der Waals surface area contributed by atoms with E-state index in [1.54, 1.807) is 0 Å². The first-order chi connectivity index (χ1) is 11.7. The Morgan fingerprint density at radius 2 is 1.92 bits per heavy atom. The number of aliphatic hydroxyl groups is 1. The molecule has 1 atom stereocenters. The molecule has 0 unspecified atom stereocenters. The molecule has 2 aliphatic heterocycles. The zero-order valence-electron chi connectivity index (χ0n) is 14.5. The van der Waals surface area contributed by atoms with E-state index in [1.165, 1.54) is 0 Å². The van der Waals surface area contributed by atoms with E-state index in [4.69, 9.17) is 9.84 Å². The molecule has 0 aromatic heterocycles. The summed E-state index contributed by atoms with van der Waals surface area (Å²) in [5.41, 5.74) is 1.16. The average molecular weight is 332 g/mol. The monoisotopic (exact) mass is 332 g/mol. The minimum atomic E-state index is 0.00985. The van der Waals surface area contributed by atoms with Gasteiger partial charge in [0.25, 0.3) is 0 Å². The van der Waals surface area contributed by atoms with Crippen molar-refractivity contribution in [1.29, 1.82) is 0 Å². The Kier molecular flexibility index (Phi) is 5.54. The van der Waals surface area contributed by atoms with Crippen LogP contribution in [0.4, 0.5) is 0 Å². The van der Waals surface area contributed by atoms with Crippen LogP contribution in [-0.4, -0.2) is 72.9 Å². The van der Waals surface area contributed by atoms with Gasteiger partial charge in [-0.15, -0.1) is 0 Å². The van der Waals surface area contributed by atoms with E-state index in [0.717, 1.165) is 44.5 Å². The fraction of sp³-hybridized carbons (Fsp3) is 0.632. The second kappa shape index (κ2) is 7.64. The predicted molar refractivity (Wildman–Crippen MR) is 92.9 cm³/mol. The van der Waals surface area contributed by atoms with Gasteiger partial charge in [-0.25, -0.2) is 0 Å². The predicted octanol–water partition coefficient (Wildman–Crippen LogP) is 1.48. The molecule has 0 saturated carbocycles. The summed E-state index contributed by atoms with van der Waals surface area (Å²) in [6.07, 6.45) is 2.98. The Labute approximate surface area is 144 Å². The lowest BCUT2D eigenvalue weighted by molar-refractivity contribution is -0.131. The standard InChI is InChI=1S/C19H28N2O3/c1-20-18(23)17(16-5-3-2-4-6-16)15-19(20)7-9-21(10-8-19)11-13-24-14-12-22/h2-6,17,22H,7-15H2,1H3/t17-/m1/s1. The maximum absolute atomic E-state index is 12.8. The number of amides is 1. The lowest BCUT2D eigenvalue weighted by Gasteiger charge is -2.43. The number of carbonyl (C=O) groups is 1. The molecule has 0 radical (unpaired) electrons. The summed E-state index contributed by atoms with van der Waals surface area (Å²) in [4.78, 5) is 17.2. The van der Waals surface area contributed by atoms with Crippen LogP contribution in [0.1, 0.15) is 30.7 Å². The molecule has 5 heteroatoms. The van der Waals surface area contributed by atoms with Crippen molar-refractivity contribution in [3.63, 3.8) is 0 Å². The van der Waals surface area contributed by atoms with Crippen LogP contribution in [0.25, 0.3) is 0 Å². The first-order valence-electron chi connectivity index (χ1n) is 8.90. The summed E-state index contributed by atoms with van der Waals surface area (Å²) in [5.74, 6) is 0.275. The molecule has 1 spiro atoms. The number of carbonyl (C=O) groups excluding carboxylic acids is 1. The fourth-order valence-corrected chi connectivity index (χ4v) is 4.11. The number of hydrogen-bond donors (Lipinski definition) is 1. The van der Waals surface area contributed by atoms with Gasteiger partial charge in [-0.05, 0) is 24.8 Å². The van der Waals surface area contributed by atoms with Gasteiger partial charge in [0.1, 0.15) is 0 Å². The molecule has 3 rings (SSSR count). The Morgan fingerprint density at radius 1 is 1.21 bits per heavy atom. The molecular weight excluding hydrogens is 304 g/mol. The van der Waals surface area contributed by atoms with E-state index < -0.39 is 0 Å². The molecule has 2 saturated heterocycles. The van der Waals surface area contributed by atoms with Crippen molar-refractivity contribution < 1.29 is 14.6 Å². The number of nitrogens with zero attached hydrogens (tertiary/aromatic N) is 2. The third kappa shape index (κ3) is 3.48. The topological polar surface area (TPSA) is 53.0 Å². The van der Waals surface area contributed by atoms with Crippen molar-refractivity contribution in [3.05, 3.63) is 35.9 Å². The summed E-state index contributed by atoms with van der Waals surface area (Å²) in [6.45, 7) is 4.05. The quantitative estimate of drug-likeness (QED) is 0.802. The highest BCUT2D eigenvalue weighted by molar-refractivity contribution is 5.87. The average Bonchev–Trinajstić information content (AvgIpc) is 2.87. The first kappa shape index (κ1) is 17.4. The lowest BCUT2D eigenvalue weighted by Crippen LogP contribution is -2.52. The first-order valence-corrected chi connectivity index (χ1v) is 8.90. The summed E-state index contributed by atoms with van der Waals surface area (Å²) >= 11 is 0. The van der Waals surface area contributed by atoms with Gasteiger partial charge >= 0.3 is 0 Å². The normalized spacial score (nSPS) is 24.0. The SMILES string of the molecule is CN1C(=O)[C@@H](c2ccccc2)CC12CCN(CCOCCO)CC2. The van der Waals surface area contributed by atoms with Crippen LogP contribution in [-0.2, 0) is 9.53 Å². The number of benzene rings is 1. The van der Waals surface area contributed by atoms with Gasteiger partial charge in [0.15, 0.2) is 0 Å². The van der Waals surface area contributed by atoms with E-state index in [1.807, 2.05) is 30.1 Å². The van der Waals surface area contributed by atoms with Crippen molar-refractivity contribution >= 4 is 5.91 Å². The van der Waals surface area contributed by atoms with Crippen molar-refractivity contribution in [2.24, 2.45) is 0 Å². The van der Waals surface area contributed by atoms with Crippen LogP contribution in [0, 0.1) is 0 Å². The number of likely N-dealkylation sites (tertiary alicyclic amines) is 2. The number of hydrogen-bond acceptors (Lipinski definition) is 4. The van der Waals surface area contributed by atoms with Gasteiger partial charge in [0, 0.05) is 32.2 Å². The summed E-state index contributed by atoms with van der Waals surface area (Å²) in [5, 5.41) is 8.74. The summed E-state index contributed by atoms with van der Waals surface area (Å²) < 4.78 is 5.36. The Bertz CT molecular complexity index is 541. The zero-order chi connectivity index (χ0) is 17.0. The van der Waals surface area contributed by atoms with Gasteiger partial charge in [-0.1, -0.05) is 30.3 Å². The second-order valence-electron chi connectivity index (χ2n) is 6.97. The van der Waals surface area contributed by atoms with Gasteiger partial charge < -0.3 is 19.6 Å². The van der Waals surface area contributed by atoms with Crippen molar-refractivity contribution in [1.82, 2.24) is 9.80 Å². The van der Waals surface area contributed by atoms with Crippen molar-refractivity contribution in [2.45, 2.75) is 30.7 Å². The van der Waals surface area contributed by atoms with Crippen LogP contribution in [0.3, 0.4) is 0 Å². The molecule has 2 heterocycles. The van der Waals surface area contributed by atoms with Gasteiger partial charge in [-0.2, -0.15) is 0 Å². The molecule has 1 aromatic rings. The highest BCUT2D eigenvalue weighted by Crippen LogP contribution is 2.44. The van der Waals surface area contributed by atoms with E-state index >= 15 is 0 Å². The lowest BCUT2D eigenvalue weighted by atomic mass is 9.81. The molecular formula is C19H28N2O3. The molecule has 1 amide bonds. The van der Waals surface area contributed by atoms with Crippen molar-refractivity contribution in [3.8, 4) is 0 Å². The smallest absolute Gasteiger partial charge is 0.230 e. The van der Waals surface area contributed by atoms with Crippen LogP contribution in [0.15, 0.2) is 30.3 Å². The van der Waals surface area contributed by atoms with Gasteiger partial charge in [-0.3, -0.25) is 4.79 Å². The zero-order valence-corrected chi connectivity index (χ0v) is 14.5. The summed E-state index contributed by atoms with van der Waals surface area (Å²) in [7, 11) is 1.98. The number of rotatable bonds is 6. The molecule has 5 nitrogen and oxygen atoms in total. The van der Waals surface area contributed by atoms with Gasteiger partial charge in [0.05, 0.1) is 25.7 Å². The molecule has 132 valence electrons. The number of likely N-dealkylation sites (N-methyl/N-ethyl adjacent to an activating group) is 1. The maximum atomic E-state index is 12.8. The third-order valence-corrected chi connectivity index (χ3v) is 5.70. The van der Waals surface area contributed by atoms with E-state index in [-0.39, 0.29) is 24.0 Å².